The van der Waals surface area contributed by atoms with Crippen molar-refractivity contribution < 1.29 is 4.74 Å². The van der Waals surface area contributed by atoms with E-state index in [-0.39, 0.29) is 6.10 Å². The van der Waals surface area contributed by atoms with Gasteiger partial charge in [0.15, 0.2) is 0 Å². The lowest BCUT2D eigenvalue weighted by molar-refractivity contribution is 0.0615. The number of hydrogen-bond acceptors (Lipinski definition) is 5. The van der Waals surface area contributed by atoms with Gasteiger partial charge in [0.1, 0.15) is 11.6 Å². The van der Waals surface area contributed by atoms with Crippen molar-refractivity contribution in [1.82, 2.24) is 14.9 Å². The molecule has 0 radical (unpaired) electrons. The number of methoxy groups -OCH3 is 1. The Morgan fingerprint density at radius 2 is 1.84 bits per heavy atom. The van der Waals surface area contributed by atoms with Crippen LogP contribution in [0.1, 0.15) is 36.3 Å². The van der Waals surface area contributed by atoms with Gasteiger partial charge in [-0.05, 0) is 24.5 Å². The van der Waals surface area contributed by atoms with Crippen LogP contribution in [0.25, 0.3) is 0 Å². The highest BCUT2D eigenvalue weighted by molar-refractivity contribution is 5.38. The Bertz CT molecular complexity index is 681. The van der Waals surface area contributed by atoms with Crippen molar-refractivity contribution in [2.24, 2.45) is 0 Å². The standard InChI is InChI=1S/C20H26N4O/c1-25-18(16-5-3-2-4-6-16)15-23-11-13-24(14-12-23)19-9-10-21-20(22-19)17-7-8-17/h2-6,9-10,17-18H,7-8,11-15H2,1H3. The Morgan fingerprint density at radius 1 is 1.08 bits per heavy atom. The van der Waals surface area contributed by atoms with Gasteiger partial charge in [-0.25, -0.2) is 9.97 Å². The summed E-state index contributed by atoms with van der Waals surface area (Å²) in [4.78, 5) is 14.1. The van der Waals surface area contributed by atoms with E-state index in [1.54, 1.807) is 7.11 Å². The fraction of sp³-hybridized carbons (Fsp3) is 0.500. The monoisotopic (exact) mass is 338 g/mol. The Labute approximate surface area is 149 Å². The third-order valence-electron chi connectivity index (χ3n) is 5.18. The van der Waals surface area contributed by atoms with Gasteiger partial charge in [0.05, 0.1) is 6.10 Å². The summed E-state index contributed by atoms with van der Waals surface area (Å²) in [5.74, 6) is 2.72. The Kier molecular flexibility index (Phi) is 4.95. The lowest BCUT2D eigenvalue weighted by Crippen LogP contribution is -2.48. The van der Waals surface area contributed by atoms with Crippen molar-refractivity contribution in [3.63, 3.8) is 0 Å². The summed E-state index contributed by atoms with van der Waals surface area (Å²) in [5.41, 5.74) is 1.25. The number of ether oxygens (including phenoxy) is 1. The van der Waals surface area contributed by atoms with Crippen molar-refractivity contribution in [1.29, 1.82) is 0 Å². The van der Waals surface area contributed by atoms with Crippen molar-refractivity contribution in [3.05, 3.63) is 54.0 Å². The van der Waals surface area contributed by atoms with Gasteiger partial charge in [0, 0.05) is 51.9 Å². The summed E-state index contributed by atoms with van der Waals surface area (Å²) < 4.78 is 5.72. The van der Waals surface area contributed by atoms with E-state index in [4.69, 9.17) is 9.72 Å². The molecule has 0 spiro atoms. The van der Waals surface area contributed by atoms with Crippen LogP contribution in [0.5, 0.6) is 0 Å². The van der Waals surface area contributed by atoms with Gasteiger partial charge in [0.25, 0.3) is 0 Å². The number of anilines is 1. The average molecular weight is 338 g/mol. The van der Waals surface area contributed by atoms with Gasteiger partial charge in [-0.15, -0.1) is 0 Å². The van der Waals surface area contributed by atoms with Crippen LogP contribution >= 0.6 is 0 Å². The van der Waals surface area contributed by atoms with Crippen molar-refractivity contribution in [2.75, 3.05) is 44.7 Å². The van der Waals surface area contributed by atoms with E-state index in [9.17, 15) is 0 Å². The van der Waals surface area contributed by atoms with Crippen LogP contribution in [-0.2, 0) is 4.74 Å². The Morgan fingerprint density at radius 3 is 2.52 bits per heavy atom. The molecule has 1 unspecified atom stereocenters. The number of aromatic nitrogens is 2. The fourth-order valence-electron chi connectivity index (χ4n) is 3.46. The van der Waals surface area contributed by atoms with Crippen molar-refractivity contribution >= 4 is 5.82 Å². The zero-order chi connectivity index (χ0) is 17.1. The number of benzene rings is 1. The van der Waals surface area contributed by atoms with Crippen LogP contribution in [0.15, 0.2) is 42.6 Å². The molecule has 4 rings (SSSR count). The fourth-order valence-corrected chi connectivity index (χ4v) is 3.46. The second-order valence-electron chi connectivity index (χ2n) is 6.97. The van der Waals surface area contributed by atoms with Crippen molar-refractivity contribution in [3.8, 4) is 0 Å². The second kappa shape index (κ2) is 7.50. The molecule has 2 fully saturated rings. The van der Waals surface area contributed by atoms with E-state index in [1.165, 1.54) is 18.4 Å². The summed E-state index contributed by atoms with van der Waals surface area (Å²) in [6.45, 7) is 5.02. The molecular formula is C20H26N4O. The van der Waals surface area contributed by atoms with E-state index >= 15 is 0 Å². The summed E-state index contributed by atoms with van der Waals surface area (Å²) in [7, 11) is 1.80. The van der Waals surface area contributed by atoms with E-state index in [1.807, 2.05) is 18.3 Å². The minimum absolute atomic E-state index is 0.133. The topological polar surface area (TPSA) is 41.5 Å². The van der Waals surface area contributed by atoms with Crippen LogP contribution in [0.2, 0.25) is 0 Å². The van der Waals surface area contributed by atoms with Crippen molar-refractivity contribution in [2.45, 2.75) is 24.9 Å². The average Bonchev–Trinajstić information content (AvgIpc) is 3.53. The third kappa shape index (κ3) is 3.99. The molecule has 1 saturated carbocycles. The molecule has 2 aliphatic rings. The highest BCUT2D eigenvalue weighted by Gasteiger charge is 2.27. The maximum absolute atomic E-state index is 5.72. The summed E-state index contributed by atoms with van der Waals surface area (Å²) in [6, 6.07) is 12.5. The highest BCUT2D eigenvalue weighted by atomic mass is 16.5. The van der Waals surface area contributed by atoms with Crippen LogP contribution in [0.4, 0.5) is 5.82 Å². The molecule has 1 aromatic heterocycles. The number of rotatable bonds is 6. The van der Waals surface area contributed by atoms with E-state index < -0.39 is 0 Å². The van der Waals surface area contributed by atoms with E-state index in [0.29, 0.717) is 5.92 Å². The SMILES string of the molecule is COC(CN1CCN(c2ccnc(C3CC3)n2)CC1)c1ccccc1. The van der Waals surface area contributed by atoms with Gasteiger partial charge in [-0.3, -0.25) is 4.90 Å². The van der Waals surface area contributed by atoms with Crippen LogP contribution in [-0.4, -0.2) is 54.7 Å². The molecule has 0 bridgehead atoms. The molecule has 132 valence electrons. The molecule has 1 aromatic carbocycles. The summed E-state index contributed by atoms with van der Waals surface area (Å²) in [6.07, 6.45) is 4.54. The first-order valence-electron chi connectivity index (χ1n) is 9.21. The molecule has 1 atom stereocenters. The van der Waals surface area contributed by atoms with Gasteiger partial charge in [-0.1, -0.05) is 30.3 Å². The minimum Gasteiger partial charge on any atom is -0.375 e. The molecule has 2 heterocycles. The molecule has 5 nitrogen and oxygen atoms in total. The van der Waals surface area contributed by atoms with Gasteiger partial charge >= 0.3 is 0 Å². The van der Waals surface area contributed by atoms with Crippen LogP contribution in [0, 0.1) is 0 Å². The largest absolute Gasteiger partial charge is 0.375 e. The Hall–Kier alpha value is -1.98. The van der Waals surface area contributed by atoms with E-state index in [0.717, 1.165) is 44.4 Å². The molecule has 1 aliphatic heterocycles. The van der Waals surface area contributed by atoms with Crippen LogP contribution in [0.3, 0.4) is 0 Å². The molecule has 25 heavy (non-hydrogen) atoms. The van der Waals surface area contributed by atoms with E-state index in [2.05, 4.69) is 39.0 Å². The predicted molar refractivity (Wildman–Crippen MR) is 98.9 cm³/mol. The molecule has 1 aliphatic carbocycles. The minimum atomic E-state index is 0.133. The zero-order valence-electron chi connectivity index (χ0n) is 14.8. The zero-order valence-corrected chi connectivity index (χ0v) is 14.8. The molecule has 1 saturated heterocycles. The second-order valence-corrected chi connectivity index (χ2v) is 6.97. The molecule has 2 aromatic rings. The summed E-state index contributed by atoms with van der Waals surface area (Å²) >= 11 is 0. The molecular weight excluding hydrogens is 312 g/mol. The maximum atomic E-state index is 5.72. The predicted octanol–water partition coefficient (Wildman–Crippen LogP) is 2.86. The quantitative estimate of drug-likeness (QED) is 0.810. The van der Waals surface area contributed by atoms with Gasteiger partial charge in [0.2, 0.25) is 0 Å². The van der Waals surface area contributed by atoms with Crippen LogP contribution < -0.4 is 4.90 Å². The first-order chi connectivity index (χ1) is 12.3. The highest BCUT2D eigenvalue weighted by Crippen LogP contribution is 2.38. The lowest BCUT2D eigenvalue weighted by Gasteiger charge is -2.36. The third-order valence-corrected chi connectivity index (χ3v) is 5.18. The number of nitrogens with zero attached hydrogens (tertiary/aromatic N) is 4. The first kappa shape index (κ1) is 16.5. The smallest absolute Gasteiger partial charge is 0.133 e. The number of hydrogen-bond donors (Lipinski definition) is 0. The van der Waals surface area contributed by atoms with Gasteiger partial charge < -0.3 is 9.64 Å². The molecule has 0 N–H and O–H groups in total. The maximum Gasteiger partial charge on any atom is 0.133 e. The van der Waals surface area contributed by atoms with Gasteiger partial charge in [-0.2, -0.15) is 0 Å². The first-order valence-corrected chi connectivity index (χ1v) is 9.21. The Balaban J connectivity index is 1.34. The normalized spacial score (nSPS) is 19.8. The molecule has 5 heteroatoms. The number of piperazine rings is 1. The lowest BCUT2D eigenvalue weighted by atomic mass is 10.1. The molecule has 0 amide bonds. The summed E-state index contributed by atoms with van der Waals surface area (Å²) in [5, 5.41) is 0.